The maximum absolute atomic E-state index is 13.5. The highest BCUT2D eigenvalue weighted by Crippen LogP contribution is 2.30. The predicted molar refractivity (Wildman–Crippen MR) is 172 cm³/mol. The van der Waals surface area contributed by atoms with Crippen LogP contribution < -0.4 is 21.7 Å². The van der Waals surface area contributed by atoms with Crippen molar-refractivity contribution in [2.75, 3.05) is 19.6 Å². The van der Waals surface area contributed by atoms with Crippen molar-refractivity contribution >= 4 is 39.3 Å². The van der Waals surface area contributed by atoms with Crippen LogP contribution in [0.4, 0.5) is 0 Å². The Morgan fingerprint density at radius 1 is 0.956 bits per heavy atom. The summed E-state index contributed by atoms with van der Waals surface area (Å²) in [5.74, 6) is -0.606. The van der Waals surface area contributed by atoms with E-state index < -0.39 is 11.9 Å². The molecule has 10 nitrogen and oxygen atoms in total. The van der Waals surface area contributed by atoms with Gasteiger partial charge in [0.15, 0.2) is 6.33 Å². The van der Waals surface area contributed by atoms with Gasteiger partial charge in [0, 0.05) is 30.0 Å². The first kappa shape index (κ1) is 30.0. The molecular formula is C35H36N6O4. The fourth-order valence-electron chi connectivity index (χ4n) is 6.09. The van der Waals surface area contributed by atoms with E-state index >= 15 is 0 Å². The fraction of sp³-hybridized carbons (Fsp3) is 0.286. The number of aromatic nitrogens is 2. The van der Waals surface area contributed by atoms with Crippen molar-refractivity contribution in [3.8, 4) is 11.5 Å². The van der Waals surface area contributed by atoms with Gasteiger partial charge < -0.3 is 26.2 Å². The van der Waals surface area contributed by atoms with Gasteiger partial charge in [0.2, 0.25) is 17.7 Å². The Hall–Kier alpha value is -5.09. The number of piperidine rings is 1. The van der Waals surface area contributed by atoms with Gasteiger partial charge in [-0.15, -0.1) is 0 Å². The number of rotatable bonds is 11. The van der Waals surface area contributed by atoms with Gasteiger partial charge in [-0.25, -0.2) is 0 Å². The number of fused-ring (bicyclic) bond motifs is 2. The first-order chi connectivity index (χ1) is 22.0. The maximum atomic E-state index is 13.5. The molecule has 0 bridgehead atoms. The standard InChI is InChI=1S/C35H36N6O4/c36-32(42)30-20-29-26(7-3-9-28(29)35-39-21-40-45-35)19-27(30)8-4-14-38-34(44)31(41-33(43)24-12-15-37-16-13-24)18-22-10-11-23-5-1-2-6-25(23)17-22/h1-3,5-7,9-11,17,19-21,24,31,37H,4,8,12-16,18H2,(H2,36,42)(H,38,44)(H,41,43). The molecule has 6 rings (SSSR count). The van der Waals surface area contributed by atoms with Crippen LogP contribution in [0.1, 0.15) is 40.7 Å². The highest BCUT2D eigenvalue weighted by Gasteiger charge is 2.27. The van der Waals surface area contributed by atoms with E-state index in [0.717, 1.165) is 64.2 Å². The molecule has 0 aliphatic carbocycles. The molecule has 0 spiro atoms. The zero-order chi connectivity index (χ0) is 31.2. The van der Waals surface area contributed by atoms with Crippen molar-refractivity contribution < 1.29 is 18.9 Å². The van der Waals surface area contributed by atoms with Crippen LogP contribution in [0.5, 0.6) is 0 Å². The lowest BCUT2D eigenvalue weighted by molar-refractivity contribution is -0.131. The molecule has 1 aromatic heterocycles. The Labute approximate surface area is 260 Å². The summed E-state index contributed by atoms with van der Waals surface area (Å²) in [6, 6.07) is 22.9. The Morgan fingerprint density at radius 3 is 2.53 bits per heavy atom. The first-order valence-corrected chi connectivity index (χ1v) is 15.4. The van der Waals surface area contributed by atoms with Crippen LogP contribution in [0.2, 0.25) is 0 Å². The number of hydrogen-bond donors (Lipinski definition) is 4. The van der Waals surface area contributed by atoms with Gasteiger partial charge in [0.05, 0.1) is 0 Å². The third kappa shape index (κ3) is 7.02. The van der Waals surface area contributed by atoms with Crippen molar-refractivity contribution in [2.24, 2.45) is 11.7 Å². The molecule has 1 unspecified atom stereocenters. The number of carbonyl (C=O) groups excluding carboxylic acids is 3. The molecule has 0 saturated carbocycles. The second kappa shape index (κ2) is 13.7. The van der Waals surface area contributed by atoms with E-state index in [4.69, 9.17) is 10.3 Å². The highest BCUT2D eigenvalue weighted by atomic mass is 16.5. The van der Waals surface area contributed by atoms with Gasteiger partial charge in [-0.2, -0.15) is 4.98 Å². The normalized spacial score (nSPS) is 14.3. The number of nitrogens with zero attached hydrogens (tertiary/aromatic N) is 2. The number of nitrogens with two attached hydrogens (primary N) is 1. The van der Waals surface area contributed by atoms with E-state index in [1.54, 1.807) is 6.07 Å². The predicted octanol–water partition coefficient (Wildman–Crippen LogP) is 3.92. The van der Waals surface area contributed by atoms with Gasteiger partial charge in [0.25, 0.3) is 5.89 Å². The van der Waals surface area contributed by atoms with Crippen LogP contribution in [-0.4, -0.2) is 53.5 Å². The summed E-state index contributed by atoms with van der Waals surface area (Å²) in [5, 5.41) is 16.9. The summed E-state index contributed by atoms with van der Waals surface area (Å²) in [4.78, 5) is 43.3. The Balaban J connectivity index is 1.14. The topological polar surface area (TPSA) is 152 Å². The number of carbonyl (C=O) groups is 3. The van der Waals surface area contributed by atoms with E-state index in [0.29, 0.717) is 37.3 Å². The summed E-state index contributed by atoms with van der Waals surface area (Å²) in [7, 11) is 0. The molecule has 1 fully saturated rings. The van der Waals surface area contributed by atoms with E-state index in [2.05, 4.69) is 32.2 Å². The number of hydrogen-bond acceptors (Lipinski definition) is 7. The van der Waals surface area contributed by atoms with Gasteiger partial charge in [-0.1, -0.05) is 65.8 Å². The van der Waals surface area contributed by atoms with Crippen LogP contribution in [0.3, 0.4) is 0 Å². The molecule has 230 valence electrons. The molecule has 0 radical (unpaired) electrons. The molecule has 1 aliphatic heterocycles. The molecule has 2 heterocycles. The molecule has 1 aliphatic rings. The van der Waals surface area contributed by atoms with E-state index in [1.165, 1.54) is 6.33 Å². The fourth-order valence-corrected chi connectivity index (χ4v) is 6.09. The molecule has 5 aromatic rings. The Kier molecular flexibility index (Phi) is 9.11. The van der Waals surface area contributed by atoms with Gasteiger partial charge in [-0.05, 0) is 83.6 Å². The molecule has 1 atom stereocenters. The second-order valence-corrected chi connectivity index (χ2v) is 11.5. The minimum Gasteiger partial charge on any atom is -0.366 e. The first-order valence-electron chi connectivity index (χ1n) is 15.4. The third-order valence-corrected chi connectivity index (χ3v) is 8.48. The quantitative estimate of drug-likeness (QED) is 0.167. The summed E-state index contributed by atoms with van der Waals surface area (Å²) >= 11 is 0. The molecule has 10 heteroatoms. The summed E-state index contributed by atoms with van der Waals surface area (Å²) < 4.78 is 5.25. The van der Waals surface area contributed by atoms with Gasteiger partial charge in [-0.3, -0.25) is 14.4 Å². The van der Waals surface area contributed by atoms with Crippen molar-refractivity contribution in [2.45, 2.75) is 38.1 Å². The minimum absolute atomic E-state index is 0.0837. The van der Waals surface area contributed by atoms with Crippen molar-refractivity contribution in [3.05, 3.63) is 95.8 Å². The Morgan fingerprint density at radius 2 is 1.76 bits per heavy atom. The molecule has 4 aromatic carbocycles. The summed E-state index contributed by atoms with van der Waals surface area (Å²) in [6.07, 6.45) is 4.31. The van der Waals surface area contributed by atoms with Crippen LogP contribution in [0.25, 0.3) is 33.0 Å². The molecule has 1 saturated heterocycles. The Bertz CT molecular complexity index is 1830. The molecular weight excluding hydrogens is 568 g/mol. The SMILES string of the molecule is NC(=O)c1cc2c(-c3ncno3)cccc2cc1CCCNC(=O)C(Cc1ccc2ccccc2c1)NC(=O)C1CCNCC1. The zero-order valence-electron chi connectivity index (χ0n) is 24.9. The van der Waals surface area contributed by atoms with Crippen LogP contribution >= 0.6 is 0 Å². The van der Waals surface area contributed by atoms with Crippen molar-refractivity contribution in [1.29, 1.82) is 0 Å². The van der Waals surface area contributed by atoms with Gasteiger partial charge >= 0.3 is 0 Å². The number of nitrogens with one attached hydrogen (secondary N) is 3. The average molecular weight is 605 g/mol. The molecule has 3 amide bonds. The number of benzene rings is 4. The smallest absolute Gasteiger partial charge is 0.258 e. The van der Waals surface area contributed by atoms with E-state index in [9.17, 15) is 14.4 Å². The summed E-state index contributed by atoms with van der Waals surface area (Å²) in [6.45, 7) is 1.95. The monoisotopic (exact) mass is 604 g/mol. The minimum atomic E-state index is -0.710. The van der Waals surface area contributed by atoms with Crippen molar-refractivity contribution in [1.82, 2.24) is 26.1 Å². The van der Waals surface area contributed by atoms with Gasteiger partial charge in [0.1, 0.15) is 6.04 Å². The number of amides is 3. The second-order valence-electron chi connectivity index (χ2n) is 11.5. The lowest BCUT2D eigenvalue weighted by Gasteiger charge is -2.25. The maximum Gasteiger partial charge on any atom is 0.258 e. The number of primary amides is 1. The molecule has 45 heavy (non-hydrogen) atoms. The van der Waals surface area contributed by atoms with E-state index in [1.807, 2.05) is 60.7 Å². The summed E-state index contributed by atoms with van der Waals surface area (Å²) in [5.41, 5.74) is 8.67. The van der Waals surface area contributed by atoms with E-state index in [-0.39, 0.29) is 17.7 Å². The number of aryl methyl sites for hydroxylation is 1. The van der Waals surface area contributed by atoms with Crippen LogP contribution in [0.15, 0.2) is 83.6 Å². The average Bonchev–Trinajstić information content (AvgIpc) is 3.61. The third-order valence-electron chi connectivity index (χ3n) is 8.48. The van der Waals surface area contributed by atoms with Crippen LogP contribution in [-0.2, 0) is 22.4 Å². The highest BCUT2D eigenvalue weighted by molar-refractivity contribution is 6.03. The van der Waals surface area contributed by atoms with Crippen molar-refractivity contribution in [3.63, 3.8) is 0 Å². The zero-order valence-corrected chi connectivity index (χ0v) is 24.9. The largest absolute Gasteiger partial charge is 0.366 e. The van der Waals surface area contributed by atoms with Crippen LogP contribution in [0, 0.1) is 5.92 Å². The lowest BCUT2D eigenvalue weighted by atomic mass is 9.94. The molecule has 5 N–H and O–H groups in total. The lowest BCUT2D eigenvalue weighted by Crippen LogP contribution is -2.51.